The Bertz CT molecular complexity index is 729. The minimum absolute atomic E-state index is 0.240. The van der Waals surface area contributed by atoms with Crippen LogP contribution in [-0.2, 0) is 17.8 Å². The van der Waals surface area contributed by atoms with Crippen LogP contribution < -0.4 is 0 Å². The number of carbonyl (C=O) groups excluding carboxylic acids is 1. The summed E-state index contributed by atoms with van der Waals surface area (Å²) in [6.45, 7) is 10.5. The summed E-state index contributed by atoms with van der Waals surface area (Å²) in [6.07, 6.45) is 7.37. The second kappa shape index (κ2) is 6.94. The lowest BCUT2D eigenvalue weighted by atomic mass is 9.95. The number of amides is 1. The summed E-state index contributed by atoms with van der Waals surface area (Å²) in [5, 5.41) is 4.27. The number of carbonyl (C=O) groups is 1. The van der Waals surface area contributed by atoms with Crippen molar-refractivity contribution >= 4 is 5.91 Å². The molecule has 3 rings (SSSR count). The quantitative estimate of drug-likeness (QED) is 0.858. The van der Waals surface area contributed by atoms with E-state index in [0.717, 1.165) is 49.6 Å². The summed E-state index contributed by atoms with van der Waals surface area (Å²) in [5.41, 5.74) is 2.52. The zero-order valence-corrected chi connectivity index (χ0v) is 15.6. The van der Waals surface area contributed by atoms with E-state index in [0.29, 0.717) is 5.92 Å². The molecule has 2 aromatic rings. The van der Waals surface area contributed by atoms with E-state index in [4.69, 9.17) is 0 Å². The van der Waals surface area contributed by atoms with Crippen molar-refractivity contribution in [1.82, 2.24) is 24.6 Å². The van der Waals surface area contributed by atoms with Crippen LogP contribution in [0.15, 0.2) is 24.7 Å². The van der Waals surface area contributed by atoms with Crippen molar-refractivity contribution in [2.24, 2.45) is 11.3 Å². The molecule has 0 aromatic carbocycles. The van der Waals surface area contributed by atoms with Gasteiger partial charge in [-0.25, -0.2) is 0 Å². The maximum Gasteiger partial charge on any atom is 0.227 e. The van der Waals surface area contributed by atoms with E-state index >= 15 is 0 Å². The highest BCUT2D eigenvalue weighted by molar-refractivity contribution is 5.81. The van der Waals surface area contributed by atoms with Gasteiger partial charge in [0.2, 0.25) is 5.91 Å². The van der Waals surface area contributed by atoms with Crippen LogP contribution in [0.2, 0.25) is 0 Å². The van der Waals surface area contributed by atoms with Crippen molar-refractivity contribution < 1.29 is 4.79 Å². The van der Waals surface area contributed by atoms with Gasteiger partial charge in [0.1, 0.15) is 5.69 Å². The SMILES string of the molecule is CCn1nccc1-c1cnc(C[C@@H]2CCN(C(=O)C(C)(C)C)C2)cn1. The van der Waals surface area contributed by atoms with Crippen molar-refractivity contribution in [1.29, 1.82) is 0 Å². The highest BCUT2D eigenvalue weighted by Crippen LogP contribution is 2.26. The number of nitrogens with zero attached hydrogens (tertiary/aromatic N) is 5. The smallest absolute Gasteiger partial charge is 0.227 e. The molecule has 1 saturated heterocycles. The summed E-state index contributed by atoms with van der Waals surface area (Å²) >= 11 is 0. The lowest BCUT2D eigenvalue weighted by Gasteiger charge is -2.25. The van der Waals surface area contributed by atoms with Crippen LogP contribution in [0, 0.1) is 11.3 Å². The van der Waals surface area contributed by atoms with Gasteiger partial charge in [0.05, 0.1) is 17.6 Å². The fraction of sp³-hybridized carbons (Fsp3) is 0.579. The third kappa shape index (κ3) is 3.89. The standard InChI is InChI=1S/C19H27N5O/c1-5-24-17(6-8-22-24)16-12-20-15(11-21-16)10-14-7-9-23(13-14)18(25)19(2,3)4/h6,8,11-12,14H,5,7,9-10,13H2,1-4H3/t14-/m0/s1. The van der Waals surface area contributed by atoms with Gasteiger partial charge >= 0.3 is 0 Å². The summed E-state index contributed by atoms with van der Waals surface area (Å²) < 4.78 is 1.91. The maximum atomic E-state index is 12.4. The Morgan fingerprint density at radius 2 is 2.08 bits per heavy atom. The normalized spacial score (nSPS) is 17.9. The van der Waals surface area contributed by atoms with E-state index in [2.05, 4.69) is 22.0 Å². The van der Waals surface area contributed by atoms with Crippen LogP contribution >= 0.6 is 0 Å². The maximum absolute atomic E-state index is 12.4. The second-order valence-corrected chi connectivity index (χ2v) is 7.79. The van der Waals surface area contributed by atoms with Crippen molar-refractivity contribution in [2.75, 3.05) is 13.1 Å². The summed E-state index contributed by atoms with van der Waals surface area (Å²) in [4.78, 5) is 23.5. The number of likely N-dealkylation sites (tertiary alicyclic amines) is 1. The molecule has 0 bridgehead atoms. The molecule has 0 spiro atoms. The first-order valence-electron chi connectivity index (χ1n) is 9.01. The van der Waals surface area contributed by atoms with Gasteiger partial charge in [-0.15, -0.1) is 0 Å². The van der Waals surface area contributed by atoms with Crippen molar-refractivity contribution in [3.63, 3.8) is 0 Å². The Balaban J connectivity index is 1.62. The van der Waals surface area contributed by atoms with Gasteiger partial charge in [-0.3, -0.25) is 19.4 Å². The van der Waals surface area contributed by atoms with Crippen LogP contribution in [0.1, 0.15) is 39.8 Å². The third-order valence-corrected chi connectivity index (χ3v) is 4.70. The zero-order chi connectivity index (χ0) is 18.0. The minimum atomic E-state index is -0.307. The van der Waals surface area contributed by atoms with Gasteiger partial charge in [0.25, 0.3) is 0 Å². The number of aromatic nitrogens is 4. The van der Waals surface area contributed by atoms with E-state index in [1.165, 1.54) is 0 Å². The van der Waals surface area contributed by atoms with Crippen molar-refractivity contribution in [3.8, 4) is 11.4 Å². The Morgan fingerprint density at radius 1 is 1.28 bits per heavy atom. The Labute approximate surface area is 149 Å². The summed E-state index contributed by atoms with van der Waals surface area (Å²) in [6, 6.07) is 1.96. The average molecular weight is 341 g/mol. The van der Waals surface area contributed by atoms with Gasteiger partial charge in [0.15, 0.2) is 0 Å². The molecule has 0 unspecified atom stereocenters. The minimum Gasteiger partial charge on any atom is -0.342 e. The first-order valence-corrected chi connectivity index (χ1v) is 9.01. The molecule has 1 aliphatic rings. The van der Waals surface area contributed by atoms with Crippen LogP contribution in [0.5, 0.6) is 0 Å². The predicted octanol–water partition coefficient (Wildman–Crippen LogP) is 2.80. The molecule has 6 heteroatoms. The molecular weight excluding hydrogens is 314 g/mol. The van der Waals surface area contributed by atoms with E-state index in [9.17, 15) is 4.79 Å². The van der Waals surface area contributed by atoms with Gasteiger partial charge in [-0.1, -0.05) is 20.8 Å². The van der Waals surface area contributed by atoms with Crippen molar-refractivity contribution in [2.45, 2.75) is 47.1 Å². The monoisotopic (exact) mass is 341 g/mol. The number of rotatable bonds is 4. The Morgan fingerprint density at radius 3 is 2.72 bits per heavy atom. The molecule has 3 heterocycles. The van der Waals surface area contributed by atoms with Crippen LogP contribution in [0.4, 0.5) is 0 Å². The lowest BCUT2D eigenvalue weighted by Crippen LogP contribution is -2.38. The average Bonchev–Trinajstić information content (AvgIpc) is 3.23. The molecule has 1 fully saturated rings. The largest absolute Gasteiger partial charge is 0.342 e. The second-order valence-electron chi connectivity index (χ2n) is 7.79. The molecule has 0 N–H and O–H groups in total. The molecule has 1 aliphatic heterocycles. The van der Waals surface area contributed by atoms with Crippen molar-refractivity contribution in [3.05, 3.63) is 30.4 Å². The van der Waals surface area contributed by atoms with E-state index < -0.39 is 0 Å². The molecule has 25 heavy (non-hydrogen) atoms. The topological polar surface area (TPSA) is 63.9 Å². The molecule has 0 radical (unpaired) electrons. The first kappa shape index (κ1) is 17.6. The third-order valence-electron chi connectivity index (χ3n) is 4.70. The molecule has 6 nitrogen and oxygen atoms in total. The van der Waals surface area contributed by atoms with Crippen LogP contribution in [0.3, 0.4) is 0 Å². The van der Waals surface area contributed by atoms with E-state index in [1.54, 1.807) is 6.20 Å². The highest BCUT2D eigenvalue weighted by Gasteiger charge is 2.32. The van der Waals surface area contributed by atoms with Gasteiger partial charge in [0, 0.05) is 37.4 Å². The lowest BCUT2D eigenvalue weighted by molar-refractivity contribution is -0.138. The zero-order valence-electron chi connectivity index (χ0n) is 15.6. The van der Waals surface area contributed by atoms with Crippen LogP contribution in [0.25, 0.3) is 11.4 Å². The molecule has 1 atom stereocenters. The number of hydrogen-bond acceptors (Lipinski definition) is 4. The number of hydrogen-bond donors (Lipinski definition) is 0. The summed E-state index contributed by atoms with van der Waals surface area (Å²) in [7, 11) is 0. The first-order chi connectivity index (χ1) is 11.9. The van der Waals surface area contributed by atoms with E-state index in [-0.39, 0.29) is 11.3 Å². The molecule has 2 aromatic heterocycles. The van der Waals surface area contributed by atoms with Crippen LogP contribution in [-0.4, -0.2) is 43.6 Å². The Hall–Kier alpha value is -2.24. The molecule has 0 aliphatic carbocycles. The fourth-order valence-electron chi connectivity index (χ4n) is 3.35. The highest BCUT2D eigenvalue weighted by atomic mass is 16.2. The fourth-order valence-corrected chi connectivity index (χ4v) is 3.35. The van der Waals surface area contributed by atoms with E-state index in [1.807, 2.05) is 48.8 Å². The Kier molecular flexibility index (Phi) is 4.88. The molecule has 134 valence electrons. The summed E-state index contributed by atoms with van der Waals surface area (Å²) in [5.74, 6) is 0.705. The molecule has 0 saturated carbocycles. The van der Waals surface area contributed by atoms with Gasteiger partial charge in [-0.2, -0.15) is 5.10 Å². The molecular formula is C19H27N5O. The van der Waals surface area contributed by atoms with Gasteiger partial charge in [-0.05, 0) is 31.7 Å². The van der Waals surface area contributed by atoms with Gasteiger partial charge < -0.3 is 4.90 Å². The number of aryl methyl sites for hydroxylation is 1. The molecule has 1 amide bonds. The predicted molar refractivity (Wildman–Crippen MR) is 96.8 cm³/mol.